The molecule has 1 aromatic carbocycles. The van der Waals surface area contributed by atoms with Crippen LogP contribution in [0.5, 0.6) is 0 Å². The molecule has 2 N–H and O–H groups in total. The van der Waals surface area contributed by atoms with Crippen molar-refractivity contribution in [2.24, 2.45) is 5.41 Å². The van der Waals surface area contributed by atoms with E-state index in [1.165, 1.54) is 10.4 Å². The van der Waals surface area contributed by atoms with Gasteiger partial charge in [-0.15, -0.1) is 11.3 Å². The Bertz CT molecular complexity index is 739. The molecule has 4 bridgehead atoms. The highest BCUT2D eigenvalue weighted by Crippen LogP contribution is 2.39. The van der Waals surface area contributed by atoms with E-state index in [0.717, 1.165) is 26.2 Å². The maximum absolute atomic E-state index is 13.4. The molecule has 2 atom stereocenters. The second kappa shape index (κ2) is 4.53. The van der Waals surface area contributed by atoms with Gasteiger partial charge in [0.1, 0.15) is 36.5 Å². The Morgan fingerprint density at radius 3 is 2.30 bits per heavy atom. The summed E-state index contributed by atoms with van der Waals surface area (Å²) in [5.41, 5.74) is 0.797. The molecule has 23 heavy (non-hydrogen) atoms. The summed E-state index contributed by atoms with van der Waals surface area (Å²) in [4.78, 5) is 18.1. The third-order valence-electron chi connectivity index (χ3n) is 6.25. The highest BCUT2D eigenvalue weighted by atomic mass is 32.1. The lowest BCUT2D eigenvalue weighted by molar-refractivity contribution is -1.17. The highest BCUT2D eigenvalue weighted by Gasteiger charge is 2.70. The lowest BCUT2D eigenvalue weighted by atomic mass is 9.58. The van der Waals surface area contributed by atoms with Gasteiger partial charge < -0.3 is 0 Å². The van der Waals surface area contributed by atoms with Crippen LogP contribution in [0.4, 0.5) is 0 Å². The Kier molecular flexibility index (Phi) is 2.74. The van der Waals surface area contributed by atoms with Crippen molar-refractivity contribution >= 4 is 17.1 Å². The molecule has 6 rings (SSSR count). The van der Waals surface area contributed by atoms with Gasteiger partial charge in [0.25, 0.3) is 0 Å². The Balaban J connectivity index is 1.63. The Morgan fingerprint density at radius 1 is 1.00 bits per heavy atom. The van der Waals surface area contributed by atoms with E-state index in [1.54, 1.807) is 9.80 Å². The summed E-state index contributed by atoms with van der Waals surface area (Å²) in [6.45, 7) is 6.10. The number of quaternary nitrogens is 2. The van der Waals surface area contributed by atoms with Gasteiger partial charge in [0.15, 0.2) is 11.2 Å². The number of hydrogen-bond donors (Lipinski definition) is 2. The van der Waals surface area contributed by atoms with Gasteiger partial charge in [-0.25, -0.2) is 0 Å². The Labute approximate surface area is 140 Å². The van der Waals surface area contributed by atoms with Gasteiger partial charge in [-0.3, -0.25) is 14.6 Å². The SMILES string of the molecule is CC12C[NH+]3CC(c4ccccc4)(C[NH+](C1)C3c1cccs1)C2=O. The van der Waals surface area contributed by atoms with Gasteiger partial charge >= 0.3 is 0 Å². The fraction of sp³-hybridized carbons (Fsp3) is 0.421. The molecule has 2 aromatic rings. The third kappa shape index (κ3) is 1.74. The van der Waals surface area contributed by atoms with Crippen LogP contribution in [0.25, 0.3) is 0 Å². The number of ketones is 1. The molecular formula is C19H22N2OS+2. The van der Waals surface area contributed by atoms with Gasteiger partial charge in [-0.05, 0) is 23.9 Å². The van der Waals surface area contributed by atoms with E-state index >= 15 is 0 Å². The van der Waals surface area contributed by atoms with E-state index in [-0.39, 0.29) is 10.8 Å². The zero-order chi connectivity index (χ0) is 15.7. The van der Waals surface area contributed by atoms with Gasteiger partial charge in [0.2, 0.25) is 6.17 Å². The monoisotopic (exact) mass is 326 g/mol. The standard InChI is InChI=1S/C19H20N2OS/c1-18-10-20-12-19(17(18)22,14-6-3-2-4-7-14)13-21(11-18)16(20)15-8-5-9-23-15/h2-9,16H,10-13H2,1H3/p+2. The topological polar surface area (TPSA) is 26.0 Å². The molecular weight excluding hydrogens is 304 g/mol. The van der Waals surface area contributed by atoms with Crippen molar-refractivity contribution in [2.75, 3.05) is 26.2 Å². The number of benzene rings is 1. The molecule has 4 fully saturated rings. The quantitative estimate of drug-likeness (QED) is 0.803. The van der Waals surface area contributed by atoms with Crippen LogP contribution < -0.4 is 9.80 Å². The maximum Gasteiger partial charge on any atom is 0.249 e. The molecule has 4 saturated heterocycles. The summed E-state index contributed by atoms with van der Waals surface area (Å²) in [6, 6.07) is 15.0. The highest BCUT2D eigenvalue weighted by molar-refractivity contribution is 7.09. The molecule has 4 aliphatic heterocycles. The first kappa shape index (κ1) is 13.9. The normalized spacial score (nSPS) is 41.4. The van der Waals surface area contributed by atoms with E-state index in [1.807, 2.05) is 17.4 Å². The van der Waals surface area contributed by atoms with Crippen LogP contribution in [0, 0.1) is 5.41 Å². The molecule has 0 amide bonds. The largest absolute Gasteiger partial charge is 0.297 e. The van der Waals surface area contributed by atoms with Crippen LogP contribution in [0.1, 0.15) is 23.5 Å². The number of nitrogens with one attached hydrogen (secondary N) is 2. The second-order valence-electron chi connectivity index (χ2n) is 7.81. The van der Waals surface area contributed by atoms with Crippen molar-refractivity contribution in [1.82, 2.24) is 0 Å². The van der Waals surface area contributed by atoms with Crippen LogP contribution >= 0.6 is 11.3 Å². The first-order valence-corrected chi connectivity index (χ1v) is 9.33. The first-order valence-electron chi connectivity index (χ1n) is 8.45. The number of hydrogen-bond acceptors (Lipinski definition) is 2. The van der Waals surface area contributed by atoms with Crippen LogP contribution in [-0.2, 0) is 10.2 Å². The summed E-state index contributed by atoms with van der Waals surface area (Å²) in [5, 5.41) is 2.18. The fourth-order valence-corrected chi connectivity index (χ4v) is 6.51. The molecule has 1 aromatic heterocycles. The van der Waals surface area contributed by atoms with Crippen LogP contribution in [0.15, 0.2) is 47.8 Å². The molecule has 0 radical (unpaired) electrons. The molecule has 3 nitrogen and oxygen atoms in total. The maximum atomic E-state index is 13.4. The zero-order valence-corrected chi connectivity index (χ0v) is 14.2. The smallest absolute Gasteiger partial charge is 0.249 e. The number of rotatable bonds is 2. The van der Waals surface area contributed by atoms with Gasteiger partial charge in [0.05, 0.1) is 0 Å². The number of Topliss-reactive ketones (excluding diaryl/α,β-unsaturated/α-hetero) is 1. The van der Waals surface area contributed by atoms with Gasteiger partial charge in [0, 0.05) is 0 Å². The Morgan fingerprint density at radius 2 is 1.70 bits per heavy atom. The summed E-state index contributed by atoms with van der Waals surface area (Å²) in [6.07, 6.45) is 0.521. The van der Waals surface area contributed by atoms with Gasteiger partial charge in [-0.1, -0.05) is 36.4 Å². The molecule has 118 valence electrons. The summed E-state index contributed by atoms with van der Waals surface area (Å²) < 4.78 is 0. The van der Waals surface area contributed by atoms with Gasteiger partial charge in [-0.2, -0.15) is 0 Å². The lowest BCUT2D eigenvalue weighted by Crippen LogP contribution is -3.41. The number of thiophene rings is 1. The van der Waals surface area contributed by atoms with Crippen LogP contribution in [0.2, 0.25) is 0 Å². The predicted molar refractivity (Wildman–Crippen MR) is 89.7 cm³/mol. The zero-order valence-electron chi connectivity index (χ0n) is 13.3. The van der Waals surface area contributed by atoms with E-state index < -0.39 is 0 Å². The number of piperidine rings is 2. The third-order valence-corrected chi connectivity index (χ3v) is 7.18. The van der Waals surface area contributed by atoms with Crippen molar-refractivity contribution in [2.45, 2.75) is 18.5 Å². The molecule has 4 heteroatoms. The minimum Gasteiger partial charge on any atom is -0.297 e. The minimum atomic E-state index is -0.273. The first-order chi connectivity index (χ1) is 11.1. The Hall–Kier alpha value is -1.49. The lowest BCUT2D eigenvalue weighted by Gasteiger charge is -2.59. The summed E-state index contributed by atoms with van der Waals surface area (Å²) >= 11 is 1.87. The molecule has 2 unspecified atom stereocenters. The van der Waals surface area contributed by atoms with Crippen LogP contribution in [0.3, 0.4) is 0 Å². The minimum absolute atomic E-state index is 0.162. The fourth-order valence-electron chi connectivity index (χ4n) is 5.57. The molecule has 5 heterocycles. The molecule has 0 saturated carbocycles. The molecule has 4 aliphatic rings. The van der Waals surface area contributed by atoms with E-state index in [0.29, 0.717) is 11.9 Å². The average molecular weight is 326 g/mol. The van der Waals surface area contributed by atoms with Crippen LogP contribution in [-0.4, -0.2) is 32.0 Å². The summed E-state index contributed by atoms with van der Waals surface area (Å²) in [5.74, 6) is 0.494. The van der Waals surface area contributed by atoms with E-state index in [4.69, 9.17) is 0 Å². The van der Waals surface area contributed by atoms with E-state index in [2.05, 4.69) is 48.7 Å². The number of carbonyl (C=O) groups is 1. The average Bonchev–Trinajstić information content (AvgIpc) is 3.06. The van der Waals surface area contributed by atoms with E-state index in [9.17, 15) is 4.79 Å². The molecule has 0 spiro atoms. The number of carbonyl (C=O) groups excluding carboxylic acids is 1. The van der Waals surface area contributed by atoms with Crippen molar-refractivity contribution in [3.8, 4) is 0 Å². The van der Waals surface area contributed by atoms with Crippen molar-refractivity contribution in [3.05, 3.63) is 58.3 Å². The van der Waals surface area contributed by atoms with Crippen molar-refractivity contribution < 1.29 is 14.6 Å². The van der Waals surface area contributed by atoms with Crippen molar-refractivity contribution in [1.29, 1.82) is 0 Å². The predicted octanol–water partition coefficient (Wildman–Crippen LogP) is 0.0707. The van der Waals surface area contributed by atoms with Crippen molar-refractivity contribution in [3.63, 3.8) is 0 Å². The molecule has 0 aliphatic carbocycles. The second-order valence-corrected chi connectivity index (χ2v) is 8.79. The summed E-state index contributed by atoms with van der Waals surface area (Å²) in [7, 11) is 0.